The van der Waals surface area contributed by atoms with Crippen LogP contribution in [-0.4, -0.2) is 24.6 Å². The van der Waals surface area contributed by atoms with Crippen LogP contribution >= 0.6 is 0 Å². The molecule has 1 N–H and O–H groups in total. The molecular weight excluding hydrogens is 316 g/mol. The van der Waals surface area contributed by atoms with E-state index in [1.165, 1.54) is 6.08 Å². The van der Waals surface area contributed by atoms with Crippen molar-refractivity contribution in [2.45, 2.75) is 20.4 Å². The minimum absolute atomic E-state index is 0.176. The molecule has 0 saturated heterocycles. The lowest BCUT2D eigenvalue weighted by atomic mass is 10.2. The smallest absolute Gasteiger partial charge is 0.244 e. The molecule has 1 amide bonds. The van der Waals surface area contributed by atoms with Gasteiger partial charge in [-0.05, 0) is 41.8 Å². The molecule has 0 aliphatic rings. The van der Waals surface area contributed by atoms with Gasteiger partial charge in [0.2, 0.25) is 5.91 Å². The van der Waals surface area contributed by atoms with Crippen molar-refractivity contribution in [2.75, 3.05) is 13.7 Å². The van der Waals surface area contributed by atoms with Crippen LogP contribution in [0.5, 0.6) is 11.5 Å². The first kappa shape index (κ1) is 18.5. The van der Waals surface area contributed by atoms with Crippen LogP contribution in [-0.2, 0) is 11.3 Å². The van der Waals surface area contributed by atoms with Crippen LogP contribution in [0.2, 0.25) is 0 Å². The van der Waals surface area contributed by atoms with Crippen molar-refractivity contribution in [1.82, 2.24) is 10.3 Å². The summed E-state index contributed by atoms with van der Waals surface area (Å²) in [6, 6.07) is 11.2. The number of benzene rings is 1. The number of nitrogens with zero attached hydrogens (tertiary/aromatic N) is 1. The monoisotopic (exact) mass is 340 g/mol. The molecule has 132 valence electrons. The maximum absolute atomic E-state index is 11.9. The standard InChI is InChI=1S/C20H24N2O3/c1-15(2)14-25-18-9-7-16(12-19(18)24-3)8-10-20(23)22-13-17-6-4-5-11-21-17/h4-12,15H,13-14H2,1-3H3,(H,22,23)/b10-8+. The third-order valence-electron chi connectivity index (χ3n) is 3.36. The molecule has 5 heteroatoms. The van der Waals surface area contributed by atoms with Crippen molar-refractivity contribution >= 4 is 12.0 Å². The molecule has 0 aliphatic carbocycles. The molecule has 0 radical (unpaired) electrons. The largest absolute Gasteiger partial charge is 0.493 e. The number of methoxy groups -OCH3 is 1. The summed E-state index contributed by atoms with van der Waals surface area (Å²) in [6.45, 7) is 5.21. The number of hydrogen-bond donors (Lipinski definition) is 1. The van der Waals surface area contributed by atoms with Crippen LogP contribution in [0.4, 0.5) is 0 Å². The van der Waals surface area contributed by atoms with Crippen molar-refractivity contribution < 1.29 is 14.3 Å². The number of rotatable bonds is 8. The summed E-state index contributed by atoms with van der Waals surface area (Å²) in [5.74, 6) is 1.61. The predicted molar refractivity (Wildman–Crippen MR) is 98.4 cm³/mol. The Morgan fingerprint density at radius 2 is 2.08 bits per heavy atom. The number of hydrogen-bond acceptors (Lipinski definition) is 4. The minimum atomic E-state index is -0.176. The molecule has 25 heavy (non-hydrogen) atoms. The van der Waals surface area contributed by atoms with E-state index in [4.69, 9.17) is 9.47 Å². The highest BCUT2D eigenvalue weighted by Crippen LogP contribution is 2.28. The van der Waals surface area contributed by atoms with Gasteiger partial charge in [-0.15, -0.1) is 0 Å². The number of ether oxygens (including phenoxy) is 2. The summed E-state index contributed by atoms with van der Waals surface area (Å²) < 4.78 is 11.1. The summed E-state index contributed by atoms with van der Waals surface area (Å²) in [6.07, 6.45) is 4.93. The van der Waals surface area contributed by atoms with Gasteiger partial charge in [0.25, 0.3) is 0 Å². The number of amides is 1. The van der Waals surface area contributed by atoms with Gasteiger partial charge in [0.05, 0.1) is 26.0 Å². The fraction of sp³-hybridized carbons (Fsp3) is 0.300. The Hall–Kier alpha value is -2.82. The Labute approximate surface area is 148 Å². The lowest BCUT2D eigenvalue weighted by Crippen LogP contribution is -2.20. The van der Waals surface area contributed by atoms with Crippen molar-refractivity contribution in [1.29, 1.82) is 0 Å². The molecule has 0 fully saturated rings. The third-order valence-corrected chi connectivity index (χ3v) is 3.36. The highest BCUT2D eigenvalue weighted by atomic mass is 16.5. The number of pyridine rings is 1. The van der Waals surface area contributed by atoms with Crippen molar-refractivity contribution in [3.05, 3.63) is 59.9 Å². The fourth-order valence-corrected chi connectivity index (χ4v) is 2.07. The minimum Gasteiger partial charge on any atom is -0.493 e. The second-order valence-electron chi connectivity index (χ2n) is 5.99. The van der Waals surface area contributed by atoms with Crippen LogP contribution < -0.4 is 14.8 Å². The second kappa shape index (κ2) is 9.47. The topological polar surface area (TPSA) is 60.5 Å². The van der Waals surface area contributed by atoms with E-state index in [9.17, 15) is 4.79 Å². The van der Waals surface area contributed by atoms with E-state index < -0.39 is 0 Å². The average Bonchev–Trinajstić information content (AvgIpc) is 2.64. The number of carbonyl (C=O) groups excluding carboxylic acids is 1. The SMILES string of the molecule is COc1cc(/C=C/C(=O)NCc2ccccn2)ccc1OCC(C)C. The highest BCUT2D eigenvalue weighted by molar-refractivity contribution is 5.91. The molecule has 5 nitrogen and oxygen atoms in total. The van der Waals surface area contributed by atoms with E-state index >= 15 is 0 Å². The molecule has 1 heterocycles. The summed E-state index contributed by atoms with van der Waals surface area (Å²) in [5.41, 5.74) is 1.68. The van der Waals surface area contributed by atoms with Gasteiger partial charge in [-0.2, -0.15) is 0 Å². The Morgan fingerprint density at radius 1 is 1.24 bits per heavy atom. The zero-order chi connectivity index (χ0) is 18.1. The van der Waals surface area contributed by atoms with Crippen LogP contribution in [0.25, 0.3) is 6.08 Å². The first-order chi connectivity index (χ1) is 12.1. The number of nitrogens with one attached hydrogen (secondary N) is 1. The van der Waals surface area contributed by atoms with E-state index in [0.717, 1.165) is 11.3 Å². The fourth-order valence-electron chi connectivity index (χ4n) is 2.07. The predicted octanol–water partition coefficient (Wildman–Crippen LogP) is 3.45. The summed E-state index contributed by atoms with van der Waals surface area (Å²) >= 11 is 0. The lowest BCUT2D eigenvalue weighted by Gasteiger charge is -2.12. The van der Waals surface area contributed by atoms with E-state index in [1.54, 1.807) is 19.4 Å². The first-order valence-electron chi connectivity index (χ1n) is 8.25. The molecule has 0 bridgehead atoms. The Kier molecular flexibility index (Phi) is 7.01. The molecule has 0 unspecified atom stereocenters. The molecule has 0 saturated carbocycles. The van der Waals surface area contributed by atoms with E-state index in [-0.39, 0.29) is 5.91 Å². The average molecular weight is 340 g/mol. The quantitative estimate of drug-likeness (QED) is 0.748. The zero-order valence-corrected chi connectivity index (χ0v) is 14.9. The van der Waals surface area contributed by atoms with Crippen molar-refractivity contribution in [2.24, 2.45) is 5.92 Å². The molecule has 1 aromatic heterocycles. The van der Waals surface area contributed by atoms with Gasteiger partial charge in [0, 0.05) is 12.3 Å². The Bertz CT molecular complexity index is 712. The molecular formula is C20H24N2O3. The molecule has 0 aliphatic heterocycles. The zero-order valence-electron chi connectivity index (χ0n) is 14.9. The molecule has 0 atom stereocenters. The molecule has 2 aromatic rings. The van der Waals surface area contributed by atoms with E-state index in [2.05, 4.69) is 24.1 Å². The number of aromatic nitrogens is 1. The van der Waals surface area contributed by atoms with Crippen LogP contribution in [0.3, 0.4) is 0 Å². The number of carbonyl (C=O) groups is 1. The van der Waals surface area contributed by atoms with Gasteiger partial charge < -0.3 is 14.8 Å². The van der Waals surface area contributed by atoms with Crippen LogP contribution in [0, 0.1) is 5.92 Å². The molecule has 2 rings (SSSR count). The van der Waals surface area contributed by atoms with E-state index in [1.807, 2.05) is 36.4 Å². The summed E-state index contributed by atoms with van der Waals surface area (Å²) in [4.78, 5) is 16.1. The lowest BCUT2D eigenvalue weighted by molar-refractivity contribution is -0.116. The van der Waals surface area contributed by atoms with Gasteiger partial charge in [0.1, 0.15) is 0 Å². The van der Waals surface area contributed by atoms with Crippen LogP contribution in [0.15, 0.2) is 48.7 Å². The third kappa shape index (κ3) is 6.30. The second-order valence-corrected chi connectivity index (χ2v) is 5.99. The Balaban J connectivity index is 1.94. The maximum Gasteiger partial charge on any atom is 0.244 e. The summed E-state index contributed by atoms with van der Waals surface area (Å²) in [5, 5.41) is 2.80. The Morgan fingerprint density at radius 3 is 2.76 bits per heavy atom. The van der Waals surface area contributed by atoms with E-state index in [0.29, 0.717) is 30.6 Å². The normalized spacial score (nSPS) is 10.9. The van der Waals surface area contributed by atoms with Gasteiger partial charge in [-0.25, -0.2) is 0 Å². The summed E-state index contributed by atoms with van der Waals surface area (Å²) in [7, 11) is 1.60. The van der Waals surface area contributed by atoms with Gasteiger partial charge in [-0.1, -0.05) is 26.0 Å². The van der Waals surface area contributed by atoms with Crippen LogP contribution in [0.1, 0.15) is 25.1 Å². The van der Waals surface area contributed by atoms with Gasteiger partial charge >= 0.3 is 0 Å². The molecule has 1 aromatic carbocycles. The maximum atomic E-state index is 11.9. The highest BCUT2D eigenvalue weighted by Gasteiger charge is 2.06. The van der Waals surface area contributed by atoms with Crippen molar-refractivity contribution in [3.63, 3.8) is 0 Å². The molecule has 0 spiro atoms. The van der Waals surface area contributed by atoms with Crippen molar-refractivity contribution in [3.8, 4) is 11.5 Å². The first-order valence-corrected chi connectivity index (χ1v) is 8.25. The van der Waals surface area contributed by atoms with Gasteiger partial charge in [-0.3, -0.25) is 9.78 Å². The van der Waals surface area contributed by atoms with Gasteiger partial charge in [0.15, 0.2) is 11.5 Å².